The number of Topliss-reactive ketones (excluding diaryl/α,β-unsaturated/α-hetero) is 1. The average Bonchev–Trinajstić information content (AvgIpc) is 3.31. The topological polar surface area (TPSA) is 52.0 Å². The number of hydrogen-bond acceptors (Lipinski definition) is 5. The van der Waals surface area contributed by atoms with Crippen LogP contribution in [0.5, 0.6) is 0 Å². The summed E-state index contributed by atoms with van der Waals surface area (Å²) in [5.41, 5.74) is 1.44. The minimum atomic E-state index is -0.0228. The van der Waals surface area contributed by atoms with E-state index in [1.165, 1.54) is 36.1 Å². The molecule has 0 saturated heterocycles. The molecule has 2 heterocycles. The molecule has 5 rings (SSSR count). The predicted molar refractivity (Wildman–Crippen MR) is 111 cm³/mol. The van der Waals surface area contributed by atoms with Crippen LogP contribution in [0, 0.1) is 0 Å². The standard InChI is InChI=1S/C21H26N2O2S2/c24-15-10-4-6-12-17(15)27-21-22-19-18(14-9-3-5-11-16(14)26-19)20(25)23(21)13-7-1-2-8-13/h13,17H,1-12H2/t17-/m1/s1. The third-order valence-corrected chi connectivity index (χ3v) is 8.89. The Labute approximate surface area is 167 Å². The molecule has 144 valence electrons. The van der Waals surface area contributed by atoms with Crippen molar-refractivity contribution in [2.45, 2.75) is 93.5 Å². The van der Waals surface area contributed by atoms with Gasteiger partial charge in [-0.25, -0.2) is 4.98 Å². The Morgan fingerprint density at radius 1 is 0.926 bits per heavy atom. The van der Waals surface area contributed by atoms with E-state index < -0.39 is 0 Å². The number of thioether (sulfide) groups is 1. The summed E-state index contributed by atoms with van der Waals surface area (Å²) in [6.07, 6.45) is 12.7. The Morgan fingerprint density at radius 3 is 2.48 bits per heavy atom. The van der Waals surface area contributed by atoms with E-state index in [9.17, 15) is 9.59 Å². The van der Waals surface area contributed by atoms with Crippen LogP contribution in [0.2, 0.25) is 0 Å². The van der Waals surface area contributed by atoms with Crippen LogP contribution in [0.4, 0.5) is 0 Å². The molecule has 2 aromatic rings. The number of aromatic nitrogens is 2. The third-order valence-electron chi connectivity index (χ3n) is 6.42. The van der Waals surface area contributed by atoms with Gasteiger partial charge in [0.25, 0.3) is 5.56 Å². The maximum absolute atomic E-state index is 13.6. The highest BCUT2D eigenvalue weighted by molar-refractivity contribution is 8.00. The lowest BCUT2D eigenvalue weighted by Crippen LogP contribution is -2.29. The zero-order valence-corrected chi connectivity index (χ0v) is 17.3. The molecule has 1 atom stereocenters. The first kappa shape index (κ1) is 17.9. The van der Waals surface area contributed by atoms with Crippen molar-refractivity contribution in [3.63, 3.8) is 0 Å². The Bertz CT molecular complexity index is 940. The molecule has 0 unspecified atom stereocenters. The largest absolute Gasteiger partial charge is 0.298 e. The number of aryl methyl sites for hydroxylation is 2. The zero-order chi connectivity index (χ0) is 18.4. The van der Waals surface area contributed by atoms with Crippen molar-refractivity contribution in [1.82, 2.24) is 9.55 Å². The average molecular weight is 403 g/mol. The van der Waals surface area contributed by atoms with Crippen LogP contribution in [0.1, 0.15) is 80.7 Å². The van der Waals surface area contributed by atoms with Crippen molar-refractivity contribution in [3.8, 4) is 0 Å². The number of carbonyl (C=O) groups is 1. The van der Waals surface area contributed by atoms with E-state index >= 15 is 0 Å². The molecule has 0 spiro atoms. The Hall–Kier alpha value is -1.14. The monoisotopic (exact) mass is 402 g/mol. The summed E-state index contributed by atoms with van der Waals surface area (Å²) in [6.45, 7) is 0. The first-order valence-corrected chi connectivity index (χ1v) is 12.2. The SMILES string of the molecule is O=C1CCCC[C@H]1Sc1nc2sc3c(c2c(=O)n1C1CCCC1)CCCC3. The van der Waals surface area contributed by atoms with Gasteiger partial charge in [0.15, 0.2) is 5.16 Å². The van der Waals surface area contributed by atoms with Gasteiger partial charge < -0.3 is 0 Å². The van der Waals surface area contributed by atoms with Crippen LogP contribution in [0.15, 0.2) is 9.95 Å². The fraction of sp³-hybridized carbons (Fsp3) is 0.667. The minimum absolute atomic E-state index is 0.0228. The molecular formula is C21H26N2O2S2. The summed E-state index contributed by atoms with van der Waals surface area (Å²) < 4.78 is 1.99. The molecule has 0 N–H and O–H groups in total. The molecule has 2 fully saturated rings. The van der Waals surface area contributed by atoms with Gasteiger partial charge in [0.2, 0.25) is 0 Å². The molecule has 6 heteroatoms. The summed E-state index contributed by atoms with van der Waals surface area (Å²) in [6, 6.07) is 0.259. The molecular weight excluding hydrogens is 376 g/mol. The van der Waals surface area contributed by atoms with Gasteiger partial charge in [-0.05, 0) is 56.9 Å². The second-order valence-corrected chi connectivity index (χ2v) is 10.5. The maximum Gasteiger partial charge on any atom is 0.263 e. The van der Waals surface area contributed by atoms with Crippen LogP contribution in [0.25, 0.3) is 10.2 Å². The van der Waals surface area contributed by atoms with Gasteiger partial charge in [-0.3, -0.25) is 14.2 Å². The van der Waals surface area contributed by atoms with Gasteiger partial charge in [0.05, 0.1) is 10.6 Å². The van der Waals surface area contributed by atoms with Crippen molar-refractivity contribution in [1.29, 1.82) is 0 Å². The molecule has 4 nitrogen and oxygen atoms in total. The Kier molecular flexibility index (Phi) is 4.88. The fourth-order valence-electron chi connectivity index (χ4n) is 4.97. The van der Waals surface area contributed by atoms with Crippen LogP contribution >= 0.6 is 23.1 Å². The highest BCUT2D eigenvalue weighted by Gasteiger charge is 2.30. The van der Waals surface area contributed by atoms with Gasteiger partial charge in [0, 0.05) is 17.3 Å². The second kappa shape index (κ2) is 7.36. The summed E-state index contributed by atoms with van der Waals surface area (Å²) >= 11 is 3.29. The number of fused-ring (bicyclic) bond motifs is 3. The van der Waals surface area contributed by atoms with E-state index in [1.807, 2.05) is 4.57 Å². The number of ketones is 1. The van der Waals surface area contributed by atoms with Gasteiger partial charge in [-0.15, -0.1) is 11.3 Å². The molecule has 0 amide bonds. The number of hydrogen-bond donors (Lipinski definition) is 0. The highest BCUT2D eigenvalue weighted by Crippen LogP contribution is 2.39. The summed E-state index contributed by atoms with van der Waals surface area (Å²) in [7, 11) is 0. The highest BCUT2D eigenvalue weighted by atomic mass is 32.2. The molecule has 0 radical (unpaired) electrons. The maximum atomic E-state index is 13.6. The van der Waals surface area contributed by atoms with E-state index in [-0.39, 0.29) is 16.9 Å². The van der Waals surface area contributed by atoms with Crippen LogP contribution in [-0.2, 0) is 17.6 Å². The van der Waals surface area contributed by atoms with E-state index in [4.69, 9.17) is 4.98 Å². The zero-order valence-electron chi connectivity index (χ0n) is 15.7. The van der Waals surface area contributed by atoms with Crippen molar-refractivity contribution < 1.29 is 4.79 Å². The van der Waals surface area contributed by atoms with Crippen molar-refractivity contribution in [2.75, 3.05) is 0 Å². The van der Waals surface area contributed by atoms with Gasteiger partial charge in [-0.2, -0.15) is 0 Å². The Morgan fingerprint density at radius 2 is 1.67 bits per heavy atom. The summed E-state index contributed by atoms with van der Waals surface area (Å²) in [4.78, 5) is 33.3. The summed E-state index contributed by atoms with van der Waals surface area (Å²) in [5, 5.41) is 1.67. The predicted octanol–water partition coefficient (Wildman–Crippen LogP) is 5.06. The molecule has 0 aromatic carbocycles. The van der Waals surface area contributed by atoms with E-state index in [0.29, 0.717) is 12.2 Å². The van der Waals surface area contributed by atoms with E-state index in [2.05, 4.69) is 0 Å². The number of thiophene rings is 1. The van der Waals surface area contributed by atoms with E-state index in [0.717, 1.165) is 60.3 Å². The summed E-state index contributed by atoms with van der Waals surface area (Å²) in [5.74, 6) is 0.337. The number of rotatable bonds is 3. The lowest BCUT2D eigenvalue weighted by molar-refractivity contribution is -0.119. The van der Waals surface area contributed by atoms with Crippen LogP contribution in [-0.4, -0.2) is 20.6 Å². The van der Waals surface area contributed by atoms with Crippen molar-refractivity contribution in [3.05, 3.63) is 20.8 Å². The number of nitrogens with zero attached hydrogens (tertiary/aromatic N) is 2. The normalized spacial score (nSPS) is 23.9. The minimum Gasteiger partial charge on any atom is -0.298 e. The van der Waals surface area contributed by atoms with Crippen molar-refractivity contribution >= 4 is 39.1 Å². The molecule has 27 heavy (non-hydrogen) atoms. The molecule has 2 aromatic heterocycles. The van der Waals surface area contributed by atoms with Gasteiger partial charge in [-0.1, -0.05) is 31.0 Å². The van der Waals surface area contributed by atoms with E-state index in [1.54, 1.807) is 23.1 Å². The number of carbonyl (C=O) groups excluding carboxylic acids is 1. The Balaban J connectivity index is 1.65. The molecule has 3 aliphatic rings. The molecule has 0 bridgehead atoms. The van der Waals surface area contributed by atoms with Gasteiger partial charge in [0.1, 0.15) is 10.6 Å². The smallest absolute Gasteiger partial charge is 0.263 e. The van der Waals surface area contributed by atoms with Gasteiger partial charge >= 0.3 is 0 Å². The lowest BCUT2D eigenvalue weighted by Gasteiger charge is -2.23. The lowest BCUT2D eigenvalue weighted by atomic mass is 9.97. The quantitative estimate of drug-likeness (QED) is 0.674. The van der Waals surface area contributed by atoms with Crippen LogP contribution in [0.3, 0.4) is 0 Å². The molecule has 0 aliphatic heterocycles. The fourth-order valence-corrected chi connectivity index (χ4v) is 7.56. The third kappa shape index (κ3) is 3.19. The van der Waals surface area contributed by atoms with Crippen LogP contribution < -0.4 is 5.56 Å². The molecule has 3 aliphatic carbocycles. The first-order chi connectivity index (χ1) is 13.2. The second-order valence-electron chi connectivity index (χ2n) is 8.22. The van der Waals surface area contributed by atoms with Crippen molar-refractivity contribution in [2.24, 2.45) is 0 Å². The molecule has 2 saturated carbocycles. The first-order valence-electron chi connectivity index (χ1n) is 10.5.